The number of carbonyl (C=O) groups is 1. The molecule has 188 valence electrons. The van der Waals surface area contributed by atoms with Gasteiger partial charge in [0.15, 0.2) is 0 Å². The van der Waals surface area contributed by atoms with Gasteiger partial charge in [-0.25, -0.2) is 13.1 Å². The number of carbonyl (C=O) groups excluding carboxylic acids is 1. The quantitative estimate of drug-likeness (QED) is 0.476. The van der Waals surface area contributed by atoms with Crippen molar-refractivity contribution < 1.29 is 13.2 Å². The summed E-state index contributed by atoms with van der Waals surface area (Å²) in [5.74, 6) is 0.245. The number of amides is 1. The van der Waals surface area contributed by atoms with E-state index in [1.54, 1.807) is 11.0 Å². The van der Waals surface area contributed by atoms with Crippen LogP contribution in [0.5, 0.6) is 0 Å². The van der Waals surface area contributed by atoms with Crippen LogP contribution in [0.1, 0.15) is 30.4 Å². The minimum Gasteiger partial charge on any atom is -0.312 e. The first kappa shape index (κ1) is 24.9. The maximum absolute atomic E-state index is 13.1. The molecule has 0 spiro atoms. The summed E-state index contributed by atoms with van der Waals surface area (Å²) in [7, 11) is -3.67. The van der Waals surface area contributed by atoms with Crippen LogP contribution in [-0.4, -0.2) is 69.9 Å². The first-order valence-electron chi connectivity index (χ1n) is 12.5. The Kier molecular flexibility index (Phi) is 7.60. The van der Waals surface area contributed by atoms with Crippen molar-refractivity contribution in [2.75, 3.05) is 50.7 Å². The number of nitrogens with zero attached hydrogens (tertiary/aromatic N) is 3. The summed E-state index contributed by atoms with van der Waals surface area (Å²) >= 11 is 3.45. The first-order chi connectivity index (χ1) is 16.9. The number of benzene rings is 2. The van der Waals surface area contributed by atoms with E-state index in [1.807, 2.05) is 12.1 Å². The Balaban J connectivity index is 1.11. The molecule has 0 bridgehead atoms. The van der Waals surface area contributed by atoms with Gasteiger partial charge in [0.25, 0.3) is 0 Å². The fourth-order valence-electron chi connectivity index (χ4n) is 4.97. The van der Waals surface area contributed by atoms with Gasteiger partial charge in [0, 0.05) is 61.9 Å². The molecule has 5 rings (SSSR count). The molecule has 35 heavy (non-hydrogen) atoms. The van der Waals surface area contributed by atoms with Crippen LogP contribution in [0.15, 0.2) is 51.8 Å². The Morgan fingerprint density at radius 3 is 2.43 bits per heavy atom. The van der Waals surface area contributed by atoms with Gasteiger partial charge in [0.2, 0.25) is 15.9 Å². The second kappa shape index (κ2) is 10.7. The third-order valence-corrected chi connectivity index (χ3v) is 9.59. The number of nitrogens with one attached hydrogen (secondary N) is 1. The SMILES string of the molecule is O=C(C1CC1)N1CCc2cc(Br)c(S(=O)(=O)NCCCN3CCN(Cc4ccccc4)CC3)cc21. The number of anilines is 1. The monoisotopic (exact) mass is 560 g/mol. The van der Waals surface area contributed by atoms with Gasteiger partial charge in [-0.3, -0.25) is 9.69 Å². The van der Waals surface area contributed by atoms with E-state index in [0.29, 0.717) is 17.6 Å². The van der Waals surface area contributed by atoms with Gasteiger partial charge in [-0.1, -0.05) is 30.3 Å². The van der Waals surface area contributed by atoms with Gasteiger partial charge in [-0.2, -0.15) is 0 Å². The van der Waals surface area contributed by atoms with Crippen molar-refractivity contribution in [3.05, 3.63) is 58.1 Å². The third-order valence-electron chi connectivity index (χ3n) is 7.17. The molecule has 2 aromatic rings. The number of fused-ring (bicyclic) bond motifs is 1. The van der Waals surface area contributed by atoms with Crippen LogP contribution < -0.4 is 9.62 Å². The Morgan fingerprint density at radius 1 is 1.00 bits per heavy atom. The largest absolute Gasteiger partial charge is 0.312 e. The van der Waals surface area contributed by atoms with Gasteiger partial charge in [-0.15, -0.1) is 0 Å². The smallest absolute Gasteiger partial charge is 0.241 e. The van der Waals surface area contributed by atoms with E-state index in [4.69, 9.17) is 0 Å². The Hall–Kier alpha value is -1.78. The van der Waals surface area contributed by atoms with Crippen molar-refractivity contribution in [3.8, 4) is 0 Å². The fraction of sp³-hybridized carbons (Fsp3) is 0.500. The predicted octanol–water partition coefficient (Wildman–Crippen LogP) is 3.23. The third kappa shape index (κ3) is 5.97. The van der Waals surface area contributed by atoms with Crippen molar-refractivity contribution in [1.29, 1.82) is 0 Å². The number of piperazine rings is 1. The Morgan fingerprint density at radius 2 is 1.71 bits per heavy atom. The molecule has 0 aromatic heterocycles. The highest BCUT2D eigenvalue weighted by Gasteiger charge is 2.37. The highest BCUT2D eigenvalue weighted by atomic mass is 79.9. The molecule has 1 saturated heterocycles. The Bertz CT molecular complexity index is 1160. The average Bonchev–Trinajstić information content (AvgIpc) is 3.62. The topological polar surface area (TPSA) is 73.0 Å². The van der Waals surface area contributed by atoms with Gasteiger partial charge in [0.1, 0.15) is 0 Å². The minimum absolute atomic E-state index is 0.114. The van der Waals surface area contributed by atoms with Crippen LogP contribution in [0.2, 0.25) is 0 Å². The van der Waals surface area contributed by atoms with Crippen LogP contribution in [-0.2, 0) is 27.8 Å². The molecule has 0 radical (unpaired) electrons. The van der Waals surface area contributed by atoms with Crippen molar-refractivity contribution in [3.63, 3.8) is 0 Å². The molecule has 9 heteroatoms. The van der Waals surface area contributed by atoms with Crippen molar-refractivity contribution in [1.82, 2.24) is 14.5 Å². The van der Waals surface area contributed by atoms with Crippen LogP contribution >= 0.6 is 15.9 Å². The molecule has 3 aliphatic rings. The van der Waals surface area contributed by atoms with Crippen LogP contribution in [0.4, 0.5) is 5.69 Å². The number of hydrogen-bond donors (Lipinski definition) is 1. The summed E-state index contributed by atoms with van der Waals surface area (Å²) < 4.78 is 29.5. The van der Waals surface area contributed by atoms with Crippen molar-refractivity contribution in [2.24, 2.45) is 5.92 Å². The lowest BCUT2D eigenvalue weighted by molar-refractivity contribution is -0.119. The van der Waals surface area contributed by atoms with E-state index in [9.17, 15) is 13.2 Å². The molecule has 1 amide bonds. The van der Waals surface area contributed by atoms with Crippen LogP contribution in [0.25, 0.3) is 0 Å². The zero-order chi connectivity index (χ0) is 24.4. The van der Waals surface area contributed by atoms with Gasteiger partial charge in [-0.05, 0) is 71.4 Å². The highest BCUT2D eigenvalue weighted by Crippen LogP contribution is 2.39. The second-order valence-corrected chi connectivity index (χ2v) is 12.4. The van der Waals surface area contributed by atoms with E-state index >= 15 is 0 Å². The van der Waals surface area contributed by atoms with Crippen LogP contribution in [0, 0.1) is 5.92 Å². The lowest BCUT2D eigenvalue weighted by Gasteiger charge is -2.34. The van der Waals surface area contributed by atoms with E-state index in [2.05, 4.69) is 54.7 Å². The molecule has 2 heterocycles. The van der Waals surface area contributed by atoms with Crippen LogP contribution in [0.3, 0.4) is 0 Å². The summed E-state index contributed by atoms with van der Waals surface area (Å²) in [4.78, 5) is 19.5. The summed E-state index contributed by atoms with van der Waals surface area (Å²) in [6.45, 7) is 6.93. The summed E-state index contributed by atoms with van der Waals surface area (Å²) in [6, 6.07) is 14.1. The molecule has 0 atom stereocenters. The molecule has 1 N–H and O–H groups in total. The molecule has 1 aliphatic carbocycles. The number of halogens is 1. The molecule has 2 aromatic carbocycles. The number of rotatable bonds is 9. The molecule has 0 unspecified atom stereocenters. The number of sulfonamides is 1. The zero-order valence-electron chi connectivity index (χ0n) is 20.0. The maximum Gasteiger partial charge on any atom is 0.241 e. The normalized spacial score (nSPS) is 19.2. The highest BCUT2D eigenvalue weighted by molar-refractivity contribution is 9.10. The molecule has 7 nitrogen and oxygen atoms in total. The predicted molar refractivity (Wildman–Crippen MR) is 141 cm³/mol. The molecular formula is C26H33BrN4O3S. The summed E-state index contributed by atoms with van der Waals surface area (Å²) in [5.41, 5.74) is 3.11. The van der Waals surface area contributed by atoms with E-state index in [1.165, 1.54) is 5.56 Å². The average molecular weight is 562 g/mol. The maximum atomic E-state index is 13.1. The molecular weight excluding hydrogens is 528 g/mol. The summed E-state index contributed by atoms with van der Waals surface area (Å²) in [6.07, 6.45) is 3.40. The molecule has 1 saturated carbocycles. The van der Waals surface area contributed by atoms with E-state index in [-0.39, 0.29) is 16.7 Å². The lowest BCUT2D eigenvalue weighted by atomic mass is 10.2. The standard InChI is InChI=1S/C26H33BrN4O3S/c27-23-17-22-9-12-31(26(32)21-7-8-21)24(22)18-25(23)35(33,34)28-10-4-11-29-13-15-30(16-14-29)19-20-5-2-1-3-6-20/h1-3,5-6,17-18,21,28H,4,7-16,19H2. The first-order valence-corrected chi connectivity index (χ1v) is 14.8. The van der Waals surface area contributed by atoms with Crippen molar-refractivity contribution >= 4 is 37.5 Å². The Labute approximate surface area is 216 Å². The van der Waals surface area contributed by atoms with E-state index < -0.39 is 10.0 Å². The van der Waals surface area contributed by atoms with E-state index in [0.717, 1.165) is 76.2 Å². The lowest BCUT2D eigenvalue weighted by Crippen LogP contribution is -2.46. The summed E-state index contributed by atoms with van der Waals surface area (Å²) in [5, 5.41) is 0. The zero-order valence-corrected chi connectivity index (χ0v) is 22.4. The van der Waals surface area contributed by atoms with Gasteiger partial charge >= 0.3 is 0 Å². The minimum atomic E-state index is -3.67. The van der Waals surface area contributed by atoms with Crippen molar-refractivity contribution in [2.45, 2.75) is 37.1 Å². The van der Waals surface area contributed by atoms with Gasteiger partial charge < -0.3 is 9.80 Å². The molecule has 2 aliphatic heterocycles. The van der Waals surface area contributed by atoms with Gasteiger partial charge in [0.05, 0.1) is 4.90 Å². The second-order valence-electron chi connectivity index (χ2n) is 9.78. The number of hydrogen-bond acceptors (Lipinski definition) is 5. The fourth-order valence-corrected chi connectivity index (χ4v) is 7.15. The molecule has 2 fully saturated rings.